The summed E-state index contributed by atoms with van der Waals surface area (Å²) in [6.45, 7) is 9.35. The second-order valence-electron chi connectivity index (χ2n) is 5.85. The Bertz CT molecular complexity index is 444. The van der Waals surface area contributed by atoms with Gasteiger partial charge in [-0.15, -0.1) is 0 Å². The molecular weight excluding hydrogens is 250 g/mol. The number of nitrogens with zero attached hydrogens (tertiary/aromatic N) is 1. The van der Waals surface area contributed by atoms with Crippen LogP contribution in [0.3, 0.4) is 0 Å². The fraction of sp³-hybridized carbons (Fsp3) is 0.562. The third-order valence-electron chi connectivity index (χ3n) is 3.85. The lowest BCUT2D eigenvalue weighted by molar-refractivity contribution is -0.123. The fourth-order valence-corrected chi connectivity index (χ4v) is 2.46. The lowest BCUT2D eigenvalue weighted by Crippen LogP contribution is -2.56. The van der Waals surface area contributed by atoms with E-state index in [9.17, 15) is 4.79 Å². The van der Waals surface area contributed by atoms with Crippen LogP contribution < -0.4 is 10.6 Å². The van der Waals surface area contributed by atoms with Crippen molar-refractivity contribution in [1.29, 1.82) is 0 Å². The molecule has 0 aliphatic carbocycles. The molecule has 0 aromatic heterocycles. The fourth-order valence-electron chi connectivity index (χ4n) is 2.46. The first-order chi connectivity index (χ1) is 9.54. The van der Waals surface area contributed by atoms with Gasteiger partial charge in [0.2, 0.25) is 5.91 Å². The summed E-state index contributed by atoms with van der Waals surface area (Å²) in [7, 11) is 0. The average molecular weight is 275 g/mol. The van der Waals surface area contributed by atoms with Gasteiger partial charge in [-0.05, 0) is 26.3 Å². The van der Waals surface area contributed by atoms with Crippen LogP contribution in [0.1, 0.15) is 25.0 Å². The van der Waals surface area contributed by atoms with Crippen molar-refractivity contribution in [3.05, 3.63) is 35.4 Å². The zero-order valence-corrected chi connectivity index (χ0v) is 12.6. The Morgan fingerprint density at radius 3 is 2.75 bits per heavy atom. The van der Waals surface area contributed by atoms with Crippen molar-refractivity contribution in [1.82, 2.24) is 15.5 Å². The molecule has 1 fully saturated rings. The molecule has 1 amide bonds. The molecule has 1 saturated heterocycles. The van der Waals surface area contributed by atoms with Gasteiger partial charge >= 0.3 is 0 Å². The van der Waals surface area contributed by atoms with Crippen LogP contribution in [-0.2, 0) is 11.3 Å². The van der Waals surface area contributed by atoms with E-state index < -0.39 is 0 Å². The average Bonchev–Trinajstić information content (AvgIpc) is 2.42. The Labute approximate surface area is 121 Å². The van der Waals surface area contributed by atoms with E-state index in [2.05, 4.69) is 60.6 Å². The monoisotopic (exact) mass is 275 g/mol. The standard InChI is InChI=1S/C16H25N3O/c1-12-4-6-15(7-5-12)9-18-16(20)11-19-10-13(2)17-8-14(19)3/h4-7,13-14,17H,8-11H2,1-3H3,(H,18,20). The van der Waals surface area contributed by atoms with Crippen LogP contribution in [-0.4, -0.2) is 42.5 Å². The summed E-state index contributed by atoms with van der Waals surface area (Å²) in [5.41, 5.74) is 2.38. The zero-order valence-electron chi connectivity index (χ0n) is 12.6. The molecule has 2 rings (SSSR count). The molecule has 0 radical (unpaired) electrons. The van der Waals surface area contributed by atoms with Gasteiger partial charge in [0.05, 0.1) is 6.54 Å². The van der Waals surface area contributed by atoms with E-state index in [0.717, 1.165) is 18.7 Å². The third kappa shape index (κ3) is 4.32. The summed E-state index contributed by atoms with van der Waals surface area (Å²) < 4.78 is 0. The Kier molecular flexibility index (Phi) is 5.15. The Morgan fingerprint density at radius 1 is 1.35 bits per heavy atom. The SMILES string of the molecule is Cc1ccc(CNC(=O)CN2CC(C)NCC2C)cc1. The number of hydrogen-bond acceptors (Lipinski definition) is 3. The summed E-state index contributed by atoms with van der Waals surface area (Å²) in [6.07, 6.45) is 0. The highest BCUT2D eigenvalue weighted by molar-refractivity contribution is 5.78. The second-order valence-corrected chi connectivity index (χ2v) is 5.85. The van der Waals surface area contributed by atoms with Gasteiger partial charge in [-0.2, -0.15) is 0 Å². The molecule has 0 bridgehead atoms. The van der Waals surface area contributed by atoms with Crippen molar-refractivity contribution in [2.24, 2.45) is 0 Å². The van der Waals surface area contributed by atoms with Gasteiger partial charge in [-0.3, -0.25) is 9.69 Å². The van der Waals surface area contributed by atoms with Gasteiger partial charge in [0, 0.05) is 31.7 Å². The molecule has 4 heteroatoms. The summed E-state index contributed by atoms with van der Waals surface area (Å²) in [4.78, 5) is 14.3. The molecule has 2 atom stereocenters. The Balaban J connectivity index is 1.78. The number of nitrogens with one attached hydrogen (secondary N) is 2. The predicted molar refractivity (Wildman–Crippen MR) is 81.5 cm³/mol. The number of piperazine rings is 1. The highest BCUT2D eigenvalue weighted by atomic mass is 16.2. The molecule has 0 spiro atoms. The van der Waals surface area contributed by atoms with Crippen LogP contribution in [0.25, 0.3) is 0 Å². The van der Waals surface area contributed by atoms with Gasteiger partial charge in [0.25, 0.3) is 0 Å². The highest BCUT2D eigenvalue weighted by Gasteiger charge is 2.23. The molecule has 1 aliphatic rings. The number of carbonyl (C=O) groups is 1. The van der Waals surface area contributed by atoms with Gasteiger partial charge in [0.15, 0.2) is 0 Å². The number of benzene rings is 1. The summed E-state index contributed by atoms with van der Waals surface area (Å²) in [6, 6.07) is 9.13. The molecule has 1 aliphatic heterocycles. The van der Waals surface area contributed by atoms with Crippen LogP contribution in [0.5, 0.6) is 0 Å². The maximum atomic E-state index is 12.0. The third-order valence-corrected chi connectivity index (χ3v) is 3.85. The van der Waals surface area contributed by atoms with E-state index >= 15 is 0 Å². The van der Waals surface area contributed by atoms with Crippen LogP contribution in [0.2, 0.25) is 0 Å². The van der Waals surface area contributed by atoms with E-state index in [4.69, 9.17) is 0 Å². The molecule has 0 saturated carbocycles. The van der Waals surface area contributed by atoms with E-state index in [1.54, 1.807) is 0 Å². The van der Waals surface area contributed by atoms with Crippen LogP contribution in [0, 0.1) is 6.92 Å². The summed E-state index contributed by atoms with van der Waals surface area (Å²) in [5.74, 6) is 0.103. The number of rotatable bonds is 4. The van der Waals surface area contributed by atoms with E-state index in [-0.39, 0.29) is 5.91 Å². The number of hydrogen-bond donors (Lipinski definition) is 2. The minimum absolute atomic E-state index is 0.103. The van der Waals surface area contributed by atoms with Crippen LogP contribution >= 0.6 is 0 Å². The molecule has 2 unspecified atom stereocenters. The molecule has 1 aromatic rings. The minimum Gasteiger partial charge on any atom is -0.351 e. The maximum Gasteiger partial charge on any atom is 0.234 e. The second kappa shape index (κ2) is 6.86. The zero-order chi connectivity index (χ0) is 14.5. The summed E-state index contributed by atoms with van der Waals surface area (Å²) in [5, 5.41) is 6.42. The van der Waals surface area contributed by atoms with Crippen molar-refractivity contribution in [3.63, 3.8) is 0 Å². The van der Waals surface area contributed by atoms with Crippen LogP contribution in [0.15, 0.2) is 24.3 Å². The normalized spacial score (nSPS) is 23.6. The highest BCUT2D eigenvalue weighted by Crippen LogP contribution is 2.06. The molecule has 1 heterocycles. The molecular formula is C16H25N3O. The molecule has 20 heavy (non-hydrogen) atoms. The molecule has 4 nitrogen and oxygen atoms in total. The lowest BCUT2D eigenvalue weighted by atomic mass is 10.1. The molecule has 1 aromatic carbocycles. The summed E-state index contributed by atoms with van der Waals surface area (Å²) >= 11 is 0. The van der Waals surface area contributed by atoms with Gasteiger partial charge in [0.1, 0.15) is 0 Å². The lowest BCUT2D eigenvalue weighted by Gasteiger charge is -2.36. The van der Waals surface area contributed by atoms with Crippen molar-refractivity contribution in [2.75, 3.05) is 19.6 Å². The van der Waals surface area contributed by atoms with E-state index in [1.807, 2.05) is 0 Å². The number of carbonyl (C=O) groups excluding carboxylic acids is 1. The van der Waals surface area contributed by atoms with Crippen molar-refractivity contribution >= 4 is 5.91 Å². The Morgan fingerprint density at radius 2 is 2.05 bits per heavy atom. The largest absolute Gasteiger partial charge is 0.351 e. The topological polar surface area (TPSA) is 44.4 Å². The van der Waals surface area contributed by atoms with E-state index in [0.29, 0.717) is 25.2 Å². The minimum atomic E-state index is 0.103. The van der Waals surface area contributed by atoms with Gasteiger partial charge in [-0.25, -0.2) is 0 Å². The smallest absolute Gasteiger partial charge is 0.234 e. The first-order valence-corrected chi connectivity index (χ1v) is 7.34. The first-order valence-electron chi connectivity index (χ1n) is 7.34. The molecule has 2 N–H and O–H groups in total. The maximum absolute atomic E-state index is 12.0. The number of aryl methyl sites for hydroxylation is 1. The van der Waals surface area contributed by atoms with Crippen molar-refractivity contribution < 1.29 is 4.79 Å². The van der Waals surface area contributed by atoms with Crippen LogP contribution in [0.4, 0.5) is 0 Å². The van der Waals surface area contributed by atoms with E-state index in [1.165, 1.54) is 5.56 Å². The van der Waals surface area contributed by atoms with Gasteiger partial charge in [-0.1, -0.05) is 29.8 Å². The van der Waals surface area contributed by atoms with Crippen molar-refractivity contribution in [2.45, 2.75) is 39.4 Å². The molecule has 110 valence electrons. The predicted octanol–water partition coefficient (Wildman–Crippen LogP) is 1.29. The first kappa shape index (κ1) is 15.0. The Hall–Kier alpha value is -1.39. The van der Waals surface area contributed by atoms with Crippen molar-refractivity contribution in [3.8, 4) is 0 Å². The van der Waals surface area contributed by atoms with Gasteiger partial charge < -0.3 is 10.6 Å². The number of amides is 1. The quantitative estimate of drug-likeness (QED) is 0.870.